The Morgan fingerprint density at radius 2 is 2.05 bits per heavy atom. The molecule has 0 aliphatic rings. The molecule has 116 valence electrons. The van der Waals surface area contributed by atoms with Gasteiger partial charge in [0.15, 0.2) is 0 Å². The molecule has 1 heterocycles. The zero-order chi connectivity index (χ0) is 15.2. The van der Waals surface area contributed by atoms with Crippen LogP contribution in [0.25, 0.3) is 10.1 Å². The van der Waals surface area contributed by atoms with Gasteiger partial charge in [-0.15, -0.1) is 11.3 Å². The summed E-state index contributed by atoms with van der Waals surface area (Å²) in [6.45, 7) is 7.57. The Bertz CT molecular complexity index is 563. The lowest BCUT2D eigenvalue weighted by Gasteiger charge is -2.17. The second-order valence-electron chi connectivity index (χ2n) is 5.77. The van der Waals surface area contributed by atoms with Gasteiger partial charge in [-0.25, -0.2) is 0 Å². The zero-order valence-electron chi connectivity index (χ0n) is 13.5. The van der Waals surface area contributed by atoms with Gasteiger partial charge in [-0.1, -0.05) is 32.0 Å². The van der Waals surface area contributed by atoms with Gasteiger partial charge in [0.1, 0.15) is 0 Å². The van der Waals surface area contributed by atoms with Gasteiger partial charge >= 0.3 is 0 Å². The molecule has 1 N–H and O–H groups in total. The van der Waals surface area contributed by atoms with E-state index in [1.54, 1.807) is 0 Å². The summed E-state index contributed by atoms with van der Waals surface area (Å²) in [5.74, 6) is 1.19. The van der Waals surface area contributed by atoms with E-state index < -0.39 is 0 Å². The first-order valence-electron chi connectivity index (χ1n) is 7.52. The predicted molar refractivity (Wildman–Crippen MR) is 98.5 cm³/mol. The highest BCUT2D eigenvalue weighted by Crippen LogP contribution is 2.32. The molecule has 0 fully saturated rings. The minimum Gasteiger partial charge on any atom is -0.310 e. The number of thioether (sulfide) groups is 1. The first-order valence-corrected chi connectivity index (χ1v) is 9.73. The van der Waals surface area contributed by atoms with Gasteiger partial charge in [-0.2, -0.15) is 11.8 Å². The molecule has 1 aromatic heterocycles. The van der Waals surface area contributed by atoms with Crippen molar-refractivity contribution in [3.63, 3.8) is 0 Å². The van der Waals surface area contributed by atoms with Crippen molar-refractivity contribution in [3.05, 3.63) is 34.7 Å². The van der Waals surface area contributed by atoms with Crippen molar-refractivity contribution in [2.45, 2.75) is 33.0 Å². The van der Waals surface area contributed by atoms with Crippen LogP contribution in [0, 0.1) is 0 Å². The van der Waals surface area contributed by atoms with Crippen LogP contribution in [0.3, 0.4) is 0 Å². The highest BCUT2D eigenvalue weighted by Gasteiger charge is 2.13. The number of thiophene rings is 1. The third-order valence-electron chi connectivity index (χ3n) is 3.56. The third kappa shape index (κ3) is 4.71. The van der Waals surface area contributed by atoms with Gasteiger partial charge in [0.2, 0.25) is 0 Å². The number of fused-ring (bicyclic) bond motifs is 1. The van der Waals surface area contributed by atoms with E-state index in [1.165, 1.54) is 26.3 Å². The van der Waals surface area contributed by atoms with Crippen molar-refractivity contribution in [1.29, 1.82) is 0 Å². The second-order valence-corrected chi connectivity index (χ2v) is 7.89. The van der Waals surface area contributed by atoms with E-state index in [2.05, 4.69) is 61.6 Å². The average molecular weight is 323 g/mol. The van der Waals surface area contributed by atoms with Crippen LogP contribution in [-0.2, 0) is 13.1 Å². The molecule has 0 aliphatic carbocycles. The van der Waals surface area contributed by atoms with Crippen LogP contribution in [0.2, 0.25) is 0 Å². The van der Waals surface area contributed by atoms with Crippen molar-refractivity contribution >= 4 is 33.2 Å². The molecule has 1 aromatic carbocycles. The van der Waals surface area contributed by atoms with Crippen LogP contribution >= 0.6 is 23.1 Å². The van der Waals surface area contributed by atoms with E-state index >= 15 is 0 Å². The molecule has 2 rings (SSSR count). The Balaban J connectivity index is 2.22. The van der Waals surface area contributed by atoms with E-state index in [4.69, 9.17) is 0 Å². The molecule has 0 bridgehead atoms. The molecule has 0 amide bonds. The lowest BCUT2D eigenvalue weighted by atomic mass is 10.1. The van der Waals surface area contributed by atoms with Crippen molar-refractivity contribution in [2.24, 2.45) is 0 Å². The molecule has 0 saturated heterocycles. The molecule has 0 unspecified atom stereocenters. The fourth-order valence-electron chi connectivity index (χ4n) is 2.36. The number of nitrogens with zero attached hydrogens (tertiary/aromatic N) is 1. The molecule has 0 saturated carbocycles. The number of rotatable bonds is 8. The minimum absolute atomic E-state index is 0.525. The van der Waals surface area contributed by atoms with Crippen molar-refractivity contribution in [3.8, 4) is 0 Å². The maximum Gasteiger partial charge on any atom is 0.0349 e. The summed E-state index contributed by atoms with van der Waals surface area (Å²) < 4.78 is 1.41. The van der Waals surface area contributed by atoms with Crippen LogP contribution in [0.5, 0.6) is 0 Å². The third-order valence-corrected chi connectivity index (χ3v) is 5.36. The second kappa shape index (κ2) is 8.18. The summed E-state index contributed by atoms with van der Waals surface area (Å²) in [4.78, 5) is 3.92. The van der Waals surface area contributed by atoms with Gasteiger partial charge in [-0.05, 0) is 30.3 Å². The monoisotopic (exact) mass is 322 g/mol. The number of hydrogen-bond acceptors (Lipinski definition) is 4. The molecule has 0 atom stereocenters. The fourth-order valence-corrected chi connectivity index (χ4v) is 4.02. The minimum atomic E-state index is 0.525. The predicted octanol–water partition coefficient (Wildman–Crippen LogP) is 4.19. The summed E-state index contributed by atoms with van der Waals surface area (Å²) in [7, 11) is 2.22. The molecule has 21 heavy (non-hydrogen) atoms. The van der Waals surface area contributed by atoms with E-state index in [-0.39, 0.29) is 0 Å². The number of nitrogens with one attached hydrogen (secondary N) is 1. The molecular formula is C17H26N2S2. The van der Waals surface area contributed by atoms with Gasteiger partial charge in [0.25, 0.3) is 0 Å². The molecule has 2 nitrogen and oxygen atoms in total. The highest BCUT2D eigenvalue weighted by molar-refractivity contribution is 7.98. The Morgan fingerprint density at radius 1 is 1.29 bits per heavy atom. The van der Waals surface area contributed by atoms with Gasteiger partial charge in [0.05, 0.1) is 0 Å². The Morgan fingerprint density at radius 3 is 2.76 bits per heavy atom. The summed E-state index contributed by atoms with van der Waals surface area (Å²) >= 11 is 3.85. The largest absolute Gasteiger partial charge is 0.310 e. The van der Waals surface area contributed by atoms with Crippen LogP contribution in [0.15, 0.2) is 24.3 Å². The summed E-state index contributed by atoms with van der Waals surface area (Å²) in [5, 5.41) is 5.00. The fraction of sp³-hybridized carbons (Fsp3) is 0.529. The maximum atomic E-state index is 3.57. The normalized spacial score (nSPS) is 11.9. The Hall–Kier alpha value is -0.550. The van der Waals surface area contributed by atoms with Crippen LogP contribution in [-0.4, -0.2) is 36.5 Å². The van der Waals surface area contributed by atoms with Crippen LogP contribution in [0.4, 0.5) is 0 Å². The summed E-state index contributed by atoms with van der Waals surface area (Å²) in [6, 6.07) is 9.32. The SMILES string of the molecule is CSCCN(C)Cc1c(CNC(C)C)sc2ccccc12. The molecule has 2 aromatic rings. The molecule has 0 aliphatic heterocycles. The smallest absolute Gasteiger partial charge is 0.0349 e. The van der Waals surface area contributed by atoms with Crippen molar-refractivity contribution in [2.75, 3.05) is 25.6 Å². The van der Waals surface area contributed by atoms with Crippen molar-refractivity contribution in [1.82, 2.24) is 10.2 Å². The van der Waals surface area contributed by atoms with Crippen molar-refractivity contribution < 1.29 is 0 Å². The quantitative estimate of drug-likeness (QED) is 0.784. The summed E-state index contributed by atoms with van der Waals surface area (Å²) in [5.41, 5.74) is 1.51. The van der Waals surface area contributed by atoms with E-state index in [1.807, 2.05) is 23.1 Å². The standard InChI is InChI=1S/C17H26N2S2/c1-13(2)18-11-17-15(12-19(3)9-10-20-4)14-7-5-6-8-16(14)21-17/h5-8,13,18H,9-12H2,1-4H3. The van der Waals surface area contributed by atoms with Crippen LogP contribution in [0.1, 0.15) is 24.3 Å². The molecular weight excluding hydrogens is 296 g/mol. The van der Waals surface area contributed by atoms with Crippen LogP contribution < -0.4 is 5.32 Å². The lowest BCUT2D eigenvalue weighted by molar-refractivity contribution is 0.349. The first-order chi connectivity index (χ1) is 10.1. The number of benzene rings is 1. The Labute approximate surface area is 136 Å². The molecule has 0 radical (unpaired) electrons. The van der Waals surface area contributed by atoms with Gasteiger partial charge in [-0.3, -0.25) is 0 Å². The van der Waals surface area contributed by atoms with Gasteiger partial charge < -0.3 is 10.2 Å². The lowest BCUT2D eigenvalue weighted by Crippen LogP contribution is -2.24. The average Bonchev–Trinajstić information content (AvgIpc) is 2.81. The molecule has 0 spiro atoms. The van der Waals surface area contributed by atoms with E-state index in [0.29, 0.717) is 6.04 Å². The van der Waals surface area contributed by atoms with Gasteiger partial charge in [0, 0.05) is 41.0 Å². The highest BCUT2D eigenvalue weighted by atomic mass is 32.2. The topological polar surface area (TPSA) is 15.3 Å². The van der Waals surface area contributed by atoms with E-state index in [9.17, 15) is 0 Å². The maximum absolute atomic E-state index is 3.57. The summed E-state index contributed by atoms with van der Waals surface area (Å²) in [6.07, 6.45) is 2.17. The Kier molecular flexibility index (Phi) is 6.55. The van der Waals surface area contributed by atoms with E-state index in [0.717, 1.165) is 19.6 Å². The molecule has 4 heteroatoms. The first kappa shape index (κ1) is 16.8. The zero-order valence-corrected chi connectivity index (χ0v) is 15.1. The number of hydrogen-bond donors (Lipinski definition) is 1.